The van der Waals surface area contributed by atoms with Crippen molar-refractivity contribution in [1.29, 1.82) is 0 Å². The molecule has 1 amide bonds. The van der Waals surface area contributed by atoms with E-state index in [4.69, 9.17) is 0 Å². The predicted octanol–water partition coefficient (Wildman–Crippen LogP) is 1.76. The molecule has 0 bridgehead atoms. The Labute approximate surface area is 74.4 Å². The zero-order valence-electron chi connectivity index (χ0n) is 6.76. The van der Waals surface area contributed by atoms with Crippen molar-refractivity contribution in [3.8, 4) is 0 Å². The highest BCUT2D eigenvalue weighted by molar-refractivity contribution is 7.12. The molecule has 0 spiro atoms. The number of rotatable bonds is 3. The first-order valence-corrected chi connectivity index (χ1v) is 4.51. The molecule has 12 heavy (non-hydrogen) atoms. The van der Waals surface area contributed by atoms with Gasteiger partial charge in [-0.1, -0.05) is 0 Å². The predicted molar refractivity (Wildman–Crippen MR) is 47.4 cm³/mol. The average Bonchev–Trinajstić information content (AvgIpc) is 2.47. The van der Waals surface area contributed by atoms with Crippen molar-refractivity contribution in [3.05, 3.63) is 21.9 Å². The van der Waals surface area contributed by atoms with Gasteiger partial charge in [0.1, 0.15) is 6.67 Å². The van der Waals surface area contributed by atoms with E-state index in [2.05, 4.69) is 5.32 Å². The van der Waals surface area contributed by atoms with Crippen LogP contribution in [0.2, 0.25) is 0 Å². The summed E-state index contributed by atoms with van der Waals surface area (Å²) >= 11 is 1.37. The minimum Gasteiger partial charge on any atom is -0.349 e. The second-order valence-corrected chi connectivity index (χ2v) is 3.34. The maximum Gasteiger partial charge on any atom is 0.261 e. The Bertz CT molecular complexity index is 272. The summed E-state index contributed by atoms with van der Waals surface area (Å²) in [5, 5.41) is 4.35. The summed E-state index contributed by atoms with van der Waals surface area (Å²) in [7, 11) is 0. The lowest BCUT2D eigenvalue weighted by molar-refractivity contribution is 0.0955. The van der Waals surface area contributed by atoms with Gasteiger partial charge in [0.2, 0.25) is 0 Å². The molecule has 1 rings (SSSR count). The Balaban J connectivity index is 2.53. The summed E-state index contributed by atoms with van der Waals surface area (Å²) in [5.74, 6) is -0.189. The normalized spacial score (nSPS) is 9.83. The van der Waals surface area contributed by atoms with E-state index >= 15 is 0 Å². The summed E-state index contributed by atoms with van der Waals surface area (Å²) in [5.41, 5.74) is 1.06. The van der Waals surface area contributed by atoms with Gasteiger partial charge in [0.25, 0.3) is 5.91 Å². The van der Waals surface area contributed by atoms with Gasteiger partial charge in [-0.2, -0.15) is 0 Å². The first kappa shape index (κ1) is 9.19. The number of carbonyl (C=O) groups excluding carboxylic acids is 1. The lowest BCUT2D eigenvalue weighted by Crippen LogP contribution is -2.24. The molecular weight excluding hydrogens is 177 g/mol. The third-order valence-corrected chi connectivity index (χ3v) is 2.38. The van der Waals surface area contributed by atoms with Gasteiger partial charge in [0, 0.05) is 6.54 Å². The van der Waals surface area contributed by atoms with Gasteiger partial charge in [-0.25, -0.2) is 4.39 Å². The second kappa shape index (κ2) is 4.21. The highest BCUT2D eigenvalue weighted by atomic mass is 32.1. The molecule has 4 heteroatoms. The van der Waals surface area contributed by atoms with E-state index in [1.165, 1.54) is 11.3 Å². The van der Waals surface area contributed by atoms with Crippen LogP contribution in [0.1, 0.15) is 15.2 Å². The minimum atomic E-state index is -0.518. The molecule has 0 saturated carbocycles. The number of alkyl halides is 1. The topological polar surface area (TPSA) is 29.1 Å². The molecule has 1 N–H and O–H groups in total. The van der Waals surface area contributed by atoms with E-state index in [9.17, 15) is 9.18 Å². The van der Waals surface area contributed by atoms with E-state index in [0.717, 1.165) is 5.56 Å². The van der Waals surface area contributed by atoms with Crippen LogP contribution in [0.4, 0.5) is 4.39 Å². The Morgan fingerprint density at radius 3 is 3.00 bits per heavy atom. The number of nitrogens with one attached hydrogen (secondary N) is 1. The number of amides is 1. The molecule has 0 fully saturated rings. The van der Waals surface area contributed by atoms with Crippen LogP contribution in [0.25, 0.3) is 0 Å². The number of carbonyl (C=O) groups is 1. The SMILES string of the molecule is Cc1csc(C(=O)NCCF)c1. The Morgan fingerprint density at radius 1 is 1.75 bits per heavy atom. The Morgan fingerprint density at radius 2 is 2.50 bits per heavy atom. The van der Waals surface area contributed by atoms with E-state index in [1.54, 1.807) is 6.07 Å². The molecule has 2 nitrogen and oxygen atoms in total. The molecule has 0 saturated heterocycles. The molecule has 0 unspecified atom stereocenters. The number of thiophene rings is 1. The lowest BCUT2D eigenvalue weighted by atomic mass is 10.3. The maximum atomic E-state index is 11.7. The lowest BCUT2D eigenvalue weighted by Gasteiger charge is -1.97. The van der Waals surface area contributed by atoms with Crippen molar-refractivity contribution in [2.75, 3.05) is 13.2 Å². The Hall–Kier alpha value is -0.900. The fourth-order valence-corrected chi connectivity index (χ4v) is 1.61. The van der Waals surface area contributed by atoms with Crippen molar-refractivity contribution in [3.63, 3.8) is 0 Å². The van der Waals surface area contributed by atoms with E-state index < -0.39 is 6.67 Å². The summed E-state index contributed by atoms with van der Waals surface area (Å²) in [6.07, 6.45) is 0. The number of hydrogen-bond acceptors (Lipinski definition) is 2. The quantitative estimate of drug-likeness (QED) is 0.767. The zero-order chi connectivity index (χ0) is 8.97. The average molecular weight is 187 g/mol. The van der Waals surface area contributed by atoms with Crippen LogP contribution in [-0.4, -0.2) is 19.1 Å². The molecule has 1 heterocycles. The first-order valence-electron chi connectivity index (χ1n) is 3.63. The first-order chi connectivity index (χ1) is 5.74. The van der Waals surface area contributed by atoms with Gasteiger partial charge < -0.3 is 5.32 Å². The number of halogens is 1. The standard InChI is InChI=1S/C8H10FNOS/c1-6-4-7(12-5-6)8(11)10-3-2-9/h4-5H,2-3H2,1H3,(H,10,11). The molecule has 0 aliphatic heterocycles. The molecule has 66 valence electrons. The molecule has 1 aromatic heterocycles. The smallest absolute Gasteiger partial charge is 0.261 e. The zero-order valence-corrected chi connectivity index (χ0v) is 7.58. The van der Waals surface area contributed by atoms with E-state index in [-0.39, 0.29) is 12.5 Å². The maximum absolute atomic E-state index is 11.7. The molecular formula is C8H10FNOS. The monoisotopic (exact) mass is 187 g/mol. The fourth-order valence-electron chi connectivity index (χ4n) is 0.798. The van der Waals surface area contributed by atoms with Crippen LogP contribution >= 0.6 is 11.3 Å². The molecule has 0 aliphatic rings. The summed E-state index contributed by atoms with van der Waals surface area (Å²) in [6.45, 7) is 1.49. The van der Waals surface area contributed by atoms with Crippen molar-refractivity contribution in [1.82, 2.24) is 5.32 Å². The minimum absolute atomic E-state index is 0.0930. The number of aryl methyl sites for hydroxylation is 1. The molecule has 1 aromatic rings. The van der Waals surface area contributed by atoms with Crippen molar-refractivity contribution in [2.24, 2.45) is 0 Å². The van der Waals surface area contributed by atoms with Crippen LogP contribution < -0.4 is 5.32 Å². The van der Waals surface area contributed by atoms with E-state index in [0.29, 0.717) is 4.88 Å². The van der Waals surface area contributed by atoms with Crippen LogP contribution in [-0.2, 0) is 0 Å². The third kappa shape index (κ3) is 2.30. The van der Waals surface area contributed by atoms with Crippen LogP contribution in [0.15, 0.2) is 11.4 Å². The van der Waals surface area contributed by atoms with Gasteiger partial charge >= 0.3 is 0 Å². The highest BCUT2D eigenvalue weighted by Crippen LogP contribution is 2.12. The molecule has 0 atom stereocenters. The summed E-state index contributed by atoms with van der Waals surface area (Å²) < 4.78 is 11.7. The van der Waals surface area contributed by atoms with Crippen molar-refractivity contribution < 1.29 is 9.18 Å². The highest BCUT2D eigenvalue weighted by Gasteiger charge is 2.05. The van der Waals surface area contributed by atoms with Crippen molar-refractivity contribution in [2.45, 2.75) is 6.92 Å². The van der Waals surface area contributed by atoms with Crippen molar-refractivity contribution >= 4 is 17.2 Å². The van der Waals surface area contributed by atoms with Crippen LogP contribution in [0.3, 0.4) is 0 Å². The van der Waals surface area contributed by atoms with Gasteiger partial charge in [0.15, 0.2) is 0 Å². The fraction of sp³-hybridized carbons (Fsp3) is 0.375. The molecule has 0 aromatic carbocycles. The van der Waals surface area contributed by atoms with E-state index in [1.807, 2.05) is 12.3 Å². The van der Waals surface area contributed by atoms with Gasteiger partial charge in [-0.15, -0.1) is 11.3 Å². The van der Waals surface area contributed by atoms with Crippen LogP contribution in [0, 0.1) is 6.92 Å². The molecule has 0 radical (unpaired) electrons. The van der Waals surface area contributed by atoms with Gasteiger partial charge in [-0.3, -0.25) is 4.79 Å². The van der Waals surface area contributed by atoms with Gasteiger partial charge in [0.05, 0.1) is 4.88 Å². The summed E-state index contributed by atoms with van der Waals surface area (Å²) in [6, 6.07) is 1.79. The molecule has 0 aliphatic carbocycles. The van der Waals surface area contributed by atoms with Gasteiger partial charge in [-0.05, 0) is 23.9 Å². The largest absolute Gasteiger partial charge is 0.349 e. The second-order valence-electron chi connectivity index (χ2n) is 2.43. The third-order valence-electron chi connectivity index (χ3n) is 1.33. The number of hydrogen-bond donors (Lipinski definition) is 1. The summed E-state index contributed by atoms with van der Waals surface area (Å²) in [4.78, 5) is 11.8. The van der Waals surface area contributed by atoms with Crippen LogP contribution in [0.5, 0.6) is 0 Å². The Kier molecular flexibility index (Phi) is 3.22.